The van der Waals surface area contributed by atoms with Gasteiger partial charge in [-0.25, -0.2) is 4.98 Å². The number of nitrogens with one attached hydrogen (secondary N) is 1. The van der Waals surface area contributed by atoms with Crippen LogP contribution in [0.1, 0.15) is 49.2 Å². The van der Waals surface area contributed by atoms with Gasteiger partial charge in [0, 0.05) is 18.0 Å². The summed E-state index contributed by atoms with van der Waals surface area (Å²) in [5.41, 5.74) is 1.06. The van der Waals surface area contributed by atoms with Crippen molar-refractivity contribution in [1.29, 1.82) is 0 Å². The molecule has 2 atom stereocenters. The quantitative estimate of drug-likeness (QED) is 0.861. The molecule has 0 aromatic carbocycles. The highest BCUT2D eigenvalue weighted by Crippen LogP contribution is 2.35. The van der Waals surface area contributed by atoms with Crippen LogP contribution in [0.5, 0.6) is 0 Å². The molecule has 4 heteroatoms. The second-order valence-electron chi connectivity index (χ2n) is 5.37. The normalized spacial score (nSPS) is 20.7. The molecule has 0 amide bonds. The van der Waals surface area contributed by atoms with Gasteiger partial charge < -0.3 is 10.1 Å². The molecule has 0 bridgehead atoms. The maximum Gasteiger partial charge on any atom is 0.116 e. The summed E-state index contributed by atoms with van der Waals surface area (Å²) in [6.45, 7) is 8.67. The van der Waals surface area contributed by atoms with Gasteiger partial charge in [-0.2, -0.15) is 0 Å². The third kappa shape index (κ3) is 2.60. The lowest BCUT2D eigenvalue weighted by Crippen LogP contribution is -2.49. The van der Waals surface area contributed by atoms with Gasteiger partial charge in [-0.3, -0.25) is 0 Å². The second-order valence-corrected chi connectivity index (χ2v) is 6.58. The average molecular weight is 268 g/mol. The molecular weight excluding hydrogens is 244 g/mol. The summed E-state index contributed by atoms with van der Waals surface area (Å²) in [4.78, 5) is 6.16. The first-order chi connectivity index (χ1) is 8.51. The molecule has 0 spiro atoms. The van der Waals surface area contributed by atoms with Crippen LogP contribution in [0.15, 0.2) is 0 Å². The first kappa shape index (κ1) is 14.0. The van der Waals surface area contributed by atoms with E-state index >= 15 is 0 Å². The van der Waals surface area contributed by atoms with Crippen LogP contribution in [0, 0.1) is 6.92 Å². The fourth-order valence-corrected chi connectivity index (χ4v) is 3.41. The highest BCUT2D eigenvalue weighted by Gasteiger charge is 2.41. The van der Waals surface area contributed by atoms with Crippen molar-refractivity contribution in [3.8, 4) is 0 Å². The van der Waals surface area contributed by atoms with Crippen LogP contribution in [0.25, 0.3) is 0 Å². The van der Waals surface area contributed by atoms with Crippen molar-refractivity contribution in [3.63, 3.8) is 0 Å². The molecule has 2 rings (SSSR count). The number of rotatable bonds is 6. The molecule has 18 heavy (non-hydrogen) atoms. The molecule has 1 heterocycles. The van der Waals surface area contributed by atoms with E-state index in [9.17, 15) is 0 Å². The molecule has 1 aromatic heterocycles. The van der Waals surface area contributed by atoms with E-state index in [1.165, 1.54) is 23.4 Å². The average Bonchev–Trinajstić information content (AvgIpc) is 3.08. The number of nitrogens with zero attached hydrogens (tertiary/aromatic N) is 1. The Morgan fingerprint density at radius 2 is 2.22 bits per heavy atom. The first-order valence-electron chi connectivity index (χ1n) is 6.78. The van der Waals surface area contributed by atoms with Gasteiger partial charge in [0.15, 0.2) is 0 Å². The maximum atomic E-state index is 5.59. The highest BCUT2D eigenvalue weighted by atomic mass is 32.1. The summed E-state index contributed by atoms with van der Waals surface area (Å²) in [5.74, 6) is 0. The molecule has 0 saturated heterocycles. The maximum absolute atomic E-state index is 5.59. The Labute approximate surface area is 114 Å². The van der Waals surface area contributed by atoms with E-state index in [-0.39, 0.29) is 11.6 Å². The van der Waals surface area contributed by atoms with Crippen LogP contribution in [-0.2, 0) is 16.7 Å². The van der Waals surface area contributed by atoms with Gasteiger partial charge in [0.25, 0.3) is 0 Å². The fraction of sp³-hybridized carbons (Fsp3) is 0.786. The molecule has 102 valence electrons. The summed E-state index contributed by atoms with van der Waals surface area (Å²) in [6, 6.07) is 0.641. The predicted octanol–water partition coefficient (Wildman–Crippen LogP) is 3.02. The second kappa shape index (κ2) is 5.27. The molecular formula is C14H24N2OS. The van der Waals surface area contributed by atoms with E-state index in [4.69, 9.17) is 9.72 Å². The van der Waals surface area contributed by atoms with E-state index in [1.807, 2.05) is 0 Å². The zero-order valence-electron chi connectivity index (χ0n) is 12.0. The molecule has 1 N–H and O–H groups in total. The fourth-order valence-electron chi connectivity index (χ4n) is 2.22. The topological polar surface area (TPSA) is 34.2 Å². The first-order valence-corrected chi connectivity index (χ1v) is 7.60. The van der Waals surface area contributed by atoms with Gasteiger partial charge in [0.05, 0.1) is 17.3 Å². The van der Waals surface area contributed by atoms with Crippen molar-refractivity contribution in [1.82, 2.24) is 10.3 Å². The molecule has 2 unspecified atom stereocenters. The molecule has 1 aliphatic rings. The molecule has 0 radical (unpaired) electrons. The molecule has 1 saturated carbocycles. The number of ether oxygens (including phenoxy) is 1. The van der Waals surface area contributed by atoms with E-state index in [1.54, 1.807) is 18.4 Å². The van der Waals surface area contributed by atoms with E-state index in [0.717, 1.165) is 11.4 Å². The molecule has 1 aliphatic carbocycles. The van der Waals surface area contributed by atoms with Crippen molar-refractivity contribution in [3.05, 3.63) is 15.6 Å². The summed E-state index contributed by atoms with van der Waals surface area (Å²) in [5, 5.41) is 4.89. The van der Waals surface area contributed by atoms with Crippen LogP contribution in [0.3, 0.4) is 0 Å². The minimum absolute atomic E-state index is 0.119. The Morgan fingerprint density at radius 1 is 1.56 bits per heavy atom. The van der Waals surface area contributed by atoms with Gasteiger partial charge in [-0.1, -0.05) is 6.92 Å². The highest BCUT2D eigenvalue weighted by molar-refractivity contribution is 7.11. The number of aryl methyl sites for hydroxylation is 2. The van der Waals surface area contributed by atoms with Crippen molar-refractivity contribution in [2.24, 2.45) is 0 Å². The van der Waals surface area contributed by atoms with Crippen LogP contribution in [-0.4, -0.2) is 24.2 Å². The van der Waals surface area contributed by atoms with Crippen molar-refractivity contribution in [2.45, 2.75) is 64.6 Å². The third-order valence-electron chi connectivity index (χ3n) is 3.92. The summed E-state index contributed by atoms with van der Waals surface area (Å²) in [7, 11) is 1.78. The van der Waals surface area contributed by atoms with Crippen molar-refractivity contribution < 1.29 is 4.74 Å². The summed E-state index contributed by atoms with van der Waals surface area (Å²) in [6.07, 6.45) is 3.67. The molecule has 1 aromatic rings. The lowest BCUT2D eigenvalue weighted by molar-refractivity contribution is 0.0350. The van der Waals surface area contributed by atoms with Crippen LogP contribution >= 0.6 is 11.3 Å². The standard InChI is InChI=1S/C14H24N2OS/c1-6-12-9(2)18-13(15-12)14(4,10(3)17-5)16-11-7-8-11/h10-11,16H,6-8H2,1-5H3. The Bertz CT molecular complexity index is 414. The van der Waals surface area contributed by atoms with Gasteiger partial charge in [-0.15, -0.1) is 11.3 Å². The van der Waals surface area contributed by atoms with E-state index in [0.29, 0.717) is 6.04 Å². The largest absolute Gasteiger partial charge is 0.379 e. The van der Waals surface area contributed by atoms with Gasteiger partial charge >= 0.3 is 0 Å². The lowest BCUT2D eigenvalue weighted by Gasteiger charge is -2.34. The number of aromatic nitrogens is 1. The zero-order chi connectivity index (χ0) is 13.3. The number of thiazole rings is 1. The van der Waals surface area contributed by atoms with E-state index in [2.05, 4.69) is 33.0 Å². The van der Waals surface area contributed by atoms with Crippen LogP contribution in [0.4, 0.5) is 0 Å². The summed E-state index contributed by atoms with van der Waals surface area (Å²) >= 11 is 1.81. The Balaban J connectivity index is 2.31. The predicted molar refractivity (Wildman–Crippen MR) is 76.2 cm³/mol. The van der Waals surface area contributed by atoms with Gasteiger partial charge in [-0.05, 0) is 40.0 Å². The number of methoxy groups -OCH3 is 1. The minimum atomic E-state index is -0.168. The van der Waals surface area contributed by atoms with Gasteiger partial charge in [0.1, 0.15) is 5.01 Å². The minimum Gasteiger partial charge on any atom is -0.379 e. The lowest BCUT2D eigenvalue weighted by atomic mass is 9.96. The van der Waals surface area contributed by atoms with Gasteiger partial charge in [0.2, 0.25) is 0 Å². The number of hydrogen-bond donors (Lipinski definition) is 1. The smallest absolute Gasteiger partial charge is 0.116 e. The third-order valence-corrected chi connectivity index (χ3v) is 5.17. The SMILES string of the molecule is CCc1nc(C(C)(NC2CC2)C(C)OC)sc1C. The van der Waals surface area contributed by atoms with E-state index < -0.39 is 0 Å². The Morgan fingerprint density at radius 3 is 2.67 bits per heavy atom. The monoisotopic (exact) mass is 268 g/mol. The number of hydrogen-bond acceptors (Lipinski definition) is 4. The van der Waals surface area contributed by atoms with Crippen molar-refractivity contribution >= 4 is 11.3 Å². The molecule has 3 nitrogen and oxygen atoms in total. The Hall–Kier alpha value is -0.450. The van der Waals surface area contributed by atoms with Crippen LogP contribution < -0.4 is 5.32 Å². The van der Waals surface area contributed by atoms with Crippen LogP contribution in [0.2, 0.25) is 0 Å². The molecule has 1 fully saturated rings. The van der Waals surface area contributed by atoms with Crippen molar-refractivity contribution in [2.75, 3.05) is 7.11 Å². The summed E-state index contributed by atoms with van der Waals surface area (Å²) < 4.78 is 5.59. The zero-order valence-corrected chi connectivity index (χ0v) is 12.9. The molecule has 0 aliphatic heterocycles. The Kier molecular flexibility index (Phi) is 4.09.